The van der Waals surface area contributed by atoms with Gasteiger partial charge in [0.25, 0.3) is 0 Å². The molecule has 0 saturated heterocycles. The van der Waals surface area contributed by atoms with Crippen molar-refractivity contribution in [2.45, 2.75) is 69.0 Å². The maximum Gasteiger partial charge on any atom is 0.131 e. The van der Waals surface area contributed by atoms with E-state index in [9.17, 15) is 20.4 Å². The summed E-state index contributed by atoms with van der Waals surface area (Å²) in [5, 5.41) is 47.1. The van der Waals surface area contributed by atoms with Crippen LogP contribution in [0.3, 0.4) is 0 Å². The molecular formula is C30H37N3O4. The number of fused-ring (bicyclic) bond motifs is 4. The highest BCUT2D eigenvalue weighted by Crippen LogP contribution is 2.60. The van der Waals surface area contributed by atoms with Crippen molar-refractivity contribution < 1.29 is 20.4 Å². The van der Waals surface area contributed by atoms with Crippen LogP contribution in [0.15, 0.2) is 59.3 Å². The molecule has 1 fully saturated rings. The molecule has 4 aliphatic rings. The summed E-state index contributed by atoms with van der Waals surface area (Å²) in [5.74, 6) is 0.720. The highest BCUT2D eigenvalue weighted by molar-refractivity contribution is 5.93. The van der Waals surface area contributed by atoms with Crippen molar-refractivity contribution in [3.05, 3.63) is 64.9 Å². The summed E-state index contributed by atoms with van der Waals surface area (Å²) in [6.45, 7) is 2.25. The first-order valence-corrected chi connectivity index (χ1v) is 13.3. The molecule has 37 heavy (non-hydrogen) atoms. The van der Waals surface area contributed by atoms with E-state index in [0.29, 0.717) is 37.1 Å². The van der Waals surface area contributed by atoms with Crippen molar-refractivity contribution in [3.63, 3.8) is 0 Å². The van der Waals surface area contributed by atoms with Crippen LogP contribution in [-0.4, -0.2) is 74.4 Å². The van der Waals surface area contributed by atoms with Crippen molar-refractivity contribution in [1.82, 2.24) is 9.88 Å². The number of aliphatic hydroxyl groups is 4. The number of likely N-dealkylation sites (N-methyl/N-ethyl adjacent to an activating group) is 1. The lowest BCUT2D eigenvalue weighted by atomic mass is 9.61. The Morgan fingerprint density at radius 3 is 2.65 bits per heavy atom. The number of allylic oxidation sites excluding steroid dienone is 3. The fourth-order valence-electron chi connectivity index (χ4n) is 7.66. The Morgan fingerprint density at radius 2 is 1.89 bits per heavy atom. The summed E-state index contributed by atoms with van der Waals surface area (Å²) in [6, 6.07) is 7.91. The Bertz CT molecular complexity index is 1360. The van der Waals surface area contributed by atoms with Gasteiger partial charge < -0.3 is 31.1 Å². The Labute approximate surface area is 217 Å². The molecule has 7 nitrogen and oxygen atoms in total. The summed E-state index contributed by atoms with van der Waals surface area (Å²) in [4.78, 5) is 6.07. The van der Waals surface area contributed by atoms with E-state index >= 15 is 0 Å². The van der Waals surface area contributed by atoms with Crippen LogP contribution in [0.1, 0.15) is 44.6 Å². The van der Waals surface area contributed by atoms with Crippen LogP contribution in [-0.2, 0) is 0 Å². The maximum absolute atomic E-state index is 11.8. The van der Waals surface area contributed by atoms with Crippen LogP contribution in [0.2, 0.25) is 0 Å². The SMILES string of the molecule is CN(C)[C@H]1C[C@]2(O)CCC3=C(C=C2[C@@H](O)[C@@H]1O)C(O)C[C@]1(C)C(c2ccc4c(N)nccc4c2)=CCC31. The van der Waals surface area contributed by atoms with Crippen molar-refractivity contribution in [3.8, 4) is 0 Å². The van der Waals surface area contributed by atoms with E-state index in [1.165, 1.54) is 11.1 Å². The second-order valence-corrected chi connectivity index (χ2v) is 12.0. The van der Waals surface area contributed by atoms with Crippen molar-refractivity contribution in [2.75, 3.05) is 19.8 Å². The molecule has 6 rings (SSSR count). The van der Waals surface area contributed by atoms with E-state index in [2.05, 4.69) is 30.1 Å². The molecule has 2 unspecified atom stereocenters. The molecule has 0 bridgehead atoms. The number of benzene rings is 1. The van der Waals surface area contributed by atoms with Gasteiger partial charge in [-0.1, -0.05) is 36.8 Å². The van der Waals surface area contributed by atoms with Gasteiger partial charge in [0, 0.05) is 23.0 Å². The molecule has 0 radical (unpaired) electrons. The fourth-order valence-corrected chi connectivity index (χ4v) is 7.66. The van der Waals surface area contributed by atoms with Crippen LogP contribution < -0.4 is 5.73 Å². The van der Waals surface area contributed by atoms with Gasteiger partial charge in [-0.05, 0) is 91.9 Å². The lowest BCUT2D eigenvalue weighted by Gasteiger charge is -2.46. The minimum atomic E-state index is -1.22. The number of nitrogen functional groups attached to an aromatic ring is 1. The third-order valence-corrected chi connectivity index (χ3v) is 9.72. The molecule has 0 aliphatic heterocycles. The summed E-state index contributed by atoms with van der Waals surface area (Å²) in [6.07, 6.45) is 5.84. The van der Waals surface area contributed by atoms with E-state index in [1.807, 2.05) is 37.2 Å². The zero-order chi connectivity index (χ0) is 26.3. The standard InChI is InChI=1S/C30H37N3O4/c1-29-15-25(34)20-13-23-26(35)27(36)24(33(2)3)14-30(23,37)10-8-19(20)22(29)7-6-21(29)17-4-5-18-16(12-17)9-11-32-28(18)31/h4-6,9,11-13,22,24-27,34-37H,7-8,10,14-15H2,1-3H3,(H2,31,32)/t22?,24-,25?,26+,27+,29+,30+/m0/s1. The second-order valence-electron chi connectivity index (χ2n) is 12.0. The monoisotopic (exact) mass is 503 g/mol. The van der Waals surface area contributed by atoms with Gasteiger partial charge in [0.1, 0.15) is 11.9 Å². The predicted molar refractivity (Wildman–Crippen MR) is 144 cm³/mol. The smallest absolute Gasteiger partial charge is 0.131 e. The Kier molecular flexibility index (Phi) is 5.68. The van der Waals surface area contributed by atoms with Crippen LogP contribution in [0.5, 0.6) is 0 Å². The fraction of sp³-hybridized carbons (Fsp3) is 0.500. The van der Waals surface area contributed by atoms with Gasteiger partial charge in [-0.25, -0.2) is 4.98 Å². The number of nitrogens with zero attached hydrogens (tertiary/aromatic N) is 2. The minimum absolute atomic E-state index is 0.200. The van der Waals surface area contributed by atoms with E-state index < -0.39 is 23.9 Å². The number of aromatic nitrogens is 1. The molecule has 6 N–H and O–H groups in total. The quantitative estimate of drug-likeness (QED) is 0.427. The van der Waals surface area contributed by atoms with Crippen molar-refractivity contribution in [1.29, 1.82) is 0 Å². The number of nitrogens with two attached hydrogens (primary N) is 1. The van der Waals surface area contributed by atoms with Gasteiger partial charge in [0.15, 0.2) is 0 Å². The Balaban J connectivity index is 1.37. The van der Waals surface area contributed by atoms with Gasteiger partial charge in [-0.2, -0.15) is 0 Å². The predicted octanol–water partition coefficient (Wildman–Crippen LogP) is 2.79. The Hall–Kier alpha value is -2.55. The number of hydrogen-bond acceptors (Lipinski definition) is 7. The molecule has 0 spiro atoms. The van der Waals surface area contributed by atoms with Crippen LogP contribution >= 0.6 is 0 Å². The summed E-state index contributed by atoms with van der Waals surface area (Å²) >= 11 is 0. The van der Waals surface area contributed by atoms with Crippen molar-refractivity contribution >= 4 is 22.2 Å². The van der Waals surface area contributed by atoms with Gasteiger partial charge in [-0.15, -0.1) is 0 Å². The largest absolute Gasteiger partial charge is 0.388 e. The van der Waals surface area contributed by atoms with Crippen LogP contribution in [0, 0.1) is 11.3 Å². The average Bonchev–Trinajstić information content (AvgIpc) is 3.10. The first kappa shape index (κ1) is 24.8. The molecule has 1 aromatic heterocycles. The van der Waals surface area contributed by atoms with E-state index in [-0.39, 0.29) is 17.4 Å². The molecular weight excluding hydrogens is 466 g/mol. The van der Waals surface area contributed by atoms with Crippen molar-refractivity contribution in [2.24, 2.45) is 11.3 Å². The lowest BCUT2D eigenvalue weighted by Crippen LogP contribution is -2.58. The zero-order valence-corrected chi connectivity index (χ0v) is 21.7. The van der Waals surface area contributed by atoms with Crippen LogP contribution in [0.25, 0.3) is 16.3 Å². The van der Waals surface area contributed by atoms with E-state index in [0.717, 1.165) is 28.3 Å². The summed E-state index contributed by atoms with van der Waals surface area (Å²) in [7, 11) is 3.72. The van der Waals surface area contributed by atoms with E-state index in [4.69, 9.17) is 5.73 Å². The number of rotatable bonds is 2. The summed E-state index contributed by atoms with van der Waals surface area (Å²) < 4.78 is 0. The minimum Gasteiger partial charge on any atom is -0.388 e. The second kappa shape index (κ2) is 8.48. The van der Waals surface area contributed by atoms with Gasteiger partial charge in [-0.3, -0.25) is 0 Å². The van der Waals surface area contributed by atoms with Crippen LogP contribution in [0.4, 0.5) is 5.82 Å². The number of anilines is 1. The molecule has 1 aromatic carbocycles. The number of hydrogen-bond donors (Lipinski definition) is 5. The van der Waals surface area contributed by atoms with Gasteiger partial charge in [0.2, 0.25) is 0 Å². The Morgan fingerprint density at radius 1 is 1.11 bits per heavy atom. The summed E-state index contributed by atoms with van der Waals surface area (Å²) in [5.41, 5.74) is 9.38. The molecule has 1 heterocycles. The highest BCUT2D eigenvalue weighted by Gasteiger charge is 2.53. The highest BCUT2D eigenvalue weighted by atomic mass is 16.3. The first-order chi connectivity index (χ1) is 17.5. The zero-order valence-electron chi connectivity index (χ0n) is 21.7. The molecule has 1 saturated carbocycles. The molecule has 7 atom stereocenters. The third kappa shape index (κ3) is 3.63. The van der Waals surface area contributed by atoms with Gasteiger partial charge >= 0.3 is 0 Å². The number of aliphatic hydroxyl groups excluding tert-OH is 3. The van der Waals surface area contributed by atoms with E-state index in [1.54, 1.807) is 6.20 Å². The van der Waals surface area contributed by atoms with Gasteiger partial charge in [0.05, 0.1) is 17.8 Å². The third-order valence-electron chi connectivity index (χ3n) is 9.72. The number of pyridine rings is 1. The molecule has 4 aliphatic carbocycles. The maximum atomic E-state index is 11.8. The lowest BCUT2D eigenvalue weighted by molar-refractivity contribution is -0.0922. The molecule has 7 heteroatoms. The average molecular weight is 504 g/mol. The molecule has 0 amide bonds. The molecule has 2 aromatic rings. The first-order valence-electron chi connectivity index (χ1n) is 13.3. The normalized spacial score (nSPS) is 37.6. The molecule has 196 valence electrons. The topological polar surface area (TPSA) is 123 Å².